The van der Waals surface area contributed by atoms with Crippen LogP contribution in [0.4, 0.5) is 0 Å². The monoisotopic (exact) mass is 351 g/mol. The standard InChI is InChI=1S/C20H21N3O3/c1-13-7-9-17(10-8-13)25-15(3)20(24)21-12-18-22-19(23-26-18)16-6-4-5-14(2)11-16/h4-11,15H,12H2,1-3H3,(H,21,24)/t15-/m1/s1. The van der Waals surface area contributed by atoms with E-state index in [2.05, 4.69) is 15.5 Å². The molecule has 0 fully saturated rings. The summed E-state index contributed by atoms with van der Waals surface area (Å²) in [4.78, 5) is 16.5. The number of hydrogen-bond donors (Lipinski definition) is 1. The fourth-order valence-corrected chi connectivity index (χ4v) is 2.41. The number of nitrogens with one attached hydrogen (secondary N) is 1. The third kappa shape index (κ3) is 4.47. The summed E-state index contributed by atoms with van der Waals surface area (Å²) in [5.74, 6) is 1.25. The Morgan fingerprint density at radius 2 is 1.92 bits per heavy atom. The molecule has 0 saturated carbocycles. The smallest absolute Gasteiger partial charge is 0.261 e. The average molecular weight is 351 g/mol. The minimum Gasteiger partial charge on any atom is -0.481 e. The van der Waals surface area contributed by atoms with Crippen molar-refractivity contribution in [3.63, 3.8) is 0 Å². The molecular formula is C20H21N3O3. The molecule has 3 aromatic rings. The zero-order valence-electron chi connectivity index (χ0n) is 15.0. The van der Waals surface area contributed by atoms with Crippen LogP contribution >= 0.6 is 0 Å². The van der Waals surface area contributed by atoms with Gasteiger partial charge in [-0.3, -0.25) is 4.79 Å². The lowest BCUT2D eigenvalue weighted by Crippen LogP contribution is -2.35. The zero-order chi connectivity index (χ0) is 18.5. The van der Waals surface area contributed by atoms with Crippen LogP contribution in [-0.2, 0) is 11.3 Å². The first kappa shape index (κ1) is 17.7. The van der Waals surface area contributed by atoms with Crippen molar-refractivity contribution in [3.8, 4) is 17.1 Å². The predicted octanol–water partition coefficient (Wildman–Crippen LogP) is 3.44. The lowest BCUT2D eigenvalue weighted by Gasteiger charge is -2.14. The average Bonchev–Trinajstić information content (AvgIpc) is 3.10. The van der Waals surface area contributed by atoms with Gasteiger partial charge in [0, 0.05) is 5.56 Å². The number of benzene rings is 2. The Bertz CT molecular complexity index is 887. The molecule has 1 atom stereocenters. The molecule has 1 aromatic heterocycles. The number of aromatic nitrogens is 2. The molecule has 1 amide bonds. The Morgan fingerprint density at radius 1 is 1.15 bits per heavy atom. The van der Waals surface area contributed by atoms with Crippen LogP contribution in [-0.4, -0.2) is 22.2 Å². The number of hydrogen-bond acceptors (Lipinski definition) is 5. The molecule has 0 unspecified atom stereocenters. The van der Waals surface area contributed by atoms with E-state index in [-0.39, 0.29) is 12.5 Å². The Morgan fingerprint density at radius 3 is 2.65 bits per heavy atom. The summed E-state index contributed by atoms with van der Waals surface area (Å²) in [7, 11) is 0. The van der Waals surface area contributed by atoms with E-state index < -0.39 is 6.10 Å². The molecule has 0 saturated heterocycles. The summed E-state index contributed by atoms with van der Waals surface area (Å²) in [6.45, 7) is 5.84. The molecule has 1 heterocycles. The minimum absolute atomic E-state index is 0.152. The van der Waals surface area contributed by atoms with Crippen molar-refractivity contribution in [3.05, 3.63) is 65.5 Å². The Kier molecular flexibility index (Phi) is 5.31. The van der Waals surface area contributed by atoms with E-state index in [1.165, 1.54) is 0 Å². The van der Waals surface area contributed by atoms with Crippen molar-refractivity contribution in [1.82, 2.24) is 15.5 Å². The van der Waals surface area contributed by atoms with E-state index >= 15 is 0 Å². The SMILES string of the molecule is Cc1ccc(O[C@H](C)C(=O)NCc2nc(-c3cccc(C)c3)no2)cc1. The molecule has 0 spiro atoms. The van der Waals surface area contributed by atoms with Gasteiger partial charge in [-0.15, -0.1) is 0 Å². The molecule has 3 rings (SSSR count). The van der Waals surface area contributed by atoms with E-state index in [0.29, 0.717) is 17.5 Å². The molecule has 26 heavy (non-hydrogen) atoms. The van der Waals surface area contributed by atoms with Gasteiger partial charge in [-0.1, -0.05) is 46.6 Å². The summed E-state index contributed by atoms with van der Waals surface area (Å²) in [5.41, 5.74) is 3.13. The molecule has 134 valence electrons. The lowest BCUT2D eigenvalue weighted by molar-refractivity contribution is -0.127. The maximum absolute atomic E-state index is 12.2. The van der Waals surface area contributed by atoms with E-state index in [9.17, 15) is 4.79 Å². The van der Waals surface area contributed by atoms with Crippen LogP contribution in [0.5, 0.6) is 5.75 Å². The second kappa shape index (κ2) is 7.82. The first-order chi connectivity index (χ1) is 12.5. The molecule has 0 aliphatic rings. The number of carbonyl (C=O) groups is 1. The van der Waals surface area contributed by atoms with Crippen LogP contribution in [0.15, 0.2) is 53.1 Å². The van der Waals surface area contributed by atoms with Gasteiger partial charge in [-0.2, -0.15) is 4.98 Å². The van der Waals surface area contributed by atoms with Gasteiger partial charge in [0.15, 0.2) is 6.10 Å². The summed E-state index contributed by atoms with van der Waals surface area (Å²) < 4.78 is 10.8. The fourth-order valence-electron chi connectivity index (χ4n) is 2.41. The first-order valence-corrected chi connectivity index (χ1v) is 8.42. The first-order valence-electron chi connectivity index (χ1n) is 8.42. The summed E-state index contributed by atoms with van der Waals surface area (Å²) in [5, 5.41) is 6.70. The summed E-state index contributed by atoms with van der Waals surface area (Å²) in [6.07, 6.45) is -0.628. The van der Waals surface area contributed by atoms with Gasteiger partial charge in [0.1, 0.15) is 5.75 Å². The topological polar surface area (TPSA) is 77.2 Å². The Hall–Kier alpha value is -3.15. The van der Waals surface area contributed by atoms with Crippen molar-refractivity contribution in [2.75, 3.05) is 0 Å². The molecule has 6 nitrogen and oxygen atoms in total. The summed E-state index contributed by atoms with van der Waals surface area (Å²) >= 11 is 0. The number of carbonyl (C=O) groups excluding carboxylic acids is 1. The van der Waals surface area contributed by atoms with E-state index in [1.807, 2.05) is 62.4 Å². The van der Waals surface area contributed by atoms with Crippen molar-refractivity contribution in [2.24, 2.45) is 0 Å². The number of rotatable bonds is 6. The second-order valence-electron chi connectivity index (χ2n) is 6.17. The summed E-state index contributed by atoms with van der Waals surface area (Å²) in [6, 6.07) is 15.4. The van der Waals surface area contributed by atoms with Gasteiger partial charge in [0.25, 0.3) is 5.91 Å². The normalized spacial score (nSPS) is 11.8. The van der Waals surface area contributed by atoms with Gasteiger partial charge in [0.2, 0.25) is 11.7 Å². The highest BCUT2D eigenvalue weighted by Gasteiger charge is 2.16. The lowest BCUT2D eigenvalue weighted by atomic mass is 10.1. The van der Waals surface area contributed by atoms with E-state index in [0.717, 1.165) is 16.7 Å². The number of amides is 1. The van der Waals surface area contributed by atoms with Crippen LogP contribution in [0.3, 0.4) is 0 Å². The quantitative estimate of drug-likeness (QED) is 0.736. The highest BCUT2D eigenvalue weighted by molar-refractivity contribution is 5.80. The van der Waals surface area contributed by atoms with Gasteiger partial charge in [-0.25, -0.2) is 0 Å². The van der Waals surface area contributed by atoms with Crippen LogP contribution in [0.1, 0.15) is 23.9 Å². The zero-order valence-corrected chi connectivity index (χ0v) is 15.0. The Balaban J connectivity index is 1.55. The van der Waals surface area contributed by atoms with Crippen LogP contribution in [0.2, 0.25) is 0 Å². The minimum atomic E-state index is -0.628. The van der Waals surface area contributed by atoms with Crippen molar-refractivity contribution >= 4 is 5.91 Å². The third-order valence-corrected chi connectivity index (χ3v) is 3.86. The molecule has 0 radical (unpaired) electrons. The molecule has 0 aliphatic carbocycles. The van der Waals surface area contributed by atoms with E-state index in [1.54, 1.807) is 6.92 Å². The molecule has 0 bridgehead atoms. The molecule has 0 aliphatic heterocycles. The van der Waals surface area contributed by atoms with E-state index in [4.69, 9.17) is 9.26 Å². The molecule has 6 heteroatoms. The highest BCUT2D eigenvalue weighted by atomic mass is 16.5. The second-order valence-corrected chi connectivity index (χ2v) is 6.17. The van der Waals surface area contributed by atoms with Crippen molar-refractivity contribution in [1.29, 1.82) is 0 Å². The maximum atomic E-state index is 12.2. The molecular weight excluding hydrogens is 330 g/mol. The largest absolute Gasteiger partial charge is 0.481 e. The van der Waals surface area contributed by atoms with Gasteiger partial charge < -0.3 is 14.6 Å². The van der Waals surface area contributed by atoms with Crippen LogP contribution < -0.4 is 10.1 Å². The highest BCUT2D eigenvalue weighted by Crippen LogP contribution is 2.17. The van der Waals surface area contributed by atoms with Gasteiger partial charge >= 0.3 is 0 Å². The molecule has 1 N–H and O–H groups in total. The van der Waals surface area contributed by atoms with Crippen LogP contribution in [0.25, 0.3) is 11.4 Å². The fraction of sp³-hybridized carbons (Fsp3) is 0.250. The predicted molar refractivity (Wildman–Crippen MR) is 97.6 cm³/mol. The van der Waals surface area contributed by atoms with Crippen molar-refractivity contribution in [2.45, 2.75) is 33.4 Å². The number of aryl methyl sites for hydroxylation is 2. The van der Waals surface area contributed by atoms with Gasteiger partial charge in [0.05, 0.1) is 6.54 Å². The van der Waals surface area contributed by atoms with Crippen LogP contribution in [0, 0.1) is 13.8 Å². The number of nitrogens with zero attached hydrogens (tertiary/aromatic N) is 2. The van der Waals surface area contributed by atoms with Crippen molar-refractivity contribution < 1.29 is 14.1 Å². The molecule has 2 aromatic carbocycles. The number of ether oxygens (including phenoxy) is 1. The van der Waals surface area contributed by atoms with Gasteiger partial charge in [-0.05, 0) is 39.0 Å². The maximum Gasteiger partial charge on any atom is 0.261 e. The Labute approximate surface area is 152 Å². The third-order valence-electron chi connectivity index (χ3n) is 3.86.